The number of hydrogen-bond acceptors (Lipinski definition) is 4. The quantitative estimate of drug-likeness (QED) is 0.649. The standard InChI is InChI=1S/C19H19NO3S/c1-2-12-7-5-6-10-20(12)18(21)16-11-14-17(24-16)13-8-3-4-9-15(13)23-19(14)22/h3-4,8-9,11-12H,2,5-7,10H2,1H3/t12-/m0/s1. The van der Waals surface area contributed by atoms with E-state index in [9.17, 15) is 9.59 Å². The van der Waals surface area contributed by atoms with Gasteiger partial charge in [-0.15, -0.1) is 11.3 Å². The maximum atomic E-state index is 13.0. The zero-order valence-electron chi connectivity index (χ0n) is 13.6. The van der Waals surface area contributed by atoms with Crippen molar-refractivity contribution in [3.63, 3.8) is 0 Å². The van der Waals surface area contributed by atoms with Crippen LogP contribution < -0.4 is 5.63 Å². The molecule has 4 nitrogen and oxygen atoms in total. The van der Waals surface area contributed by atoms with Crippen molar-refractivity contribution >= 4 is 38.3 Å². The van der Waals surface area contributed by atoms with E-state index in [1.54, 1.807) is 12.1 Å². The molecule has 4 rings (SSSR count). The van der Waals surface area contributed by atoms with Crippen LogP contribution in [0.25, 0.3) is 21.1 Å². The second kappa shape index (κ2) is 6.06. The predicted octanol–water partition coefficient (Wildman–Crippen LogP) is 4.41. The van der Waals surface area contributed by atoms with Crippen molar-refractivity contribution in [1.82, 2.24) is 4.90 Å². The summed E-state index contributed by atoms with van der Waals surface area (Å²) in [6.07, 6.45) is 4.28. The molecule has 0 spiro atoms. The Bertz CT molecular complexity index is 972. The highest BCUT2D eigenvalue weighted by molar-refractivity contribution is 7.21. The Hall–Kier alpha value is -2.14. The minimum Gasteiger partial charge on any atom is -0.422 e. The number of carbonyl (C=O) groups is 1. The summed E-state index contributed by atoms with van der Waals surface area (Å²) in [4.78, 5) is 27.8. The van der Waals surface area contributed by atoms with E-state index < -0.39 is 0 Å². The summed E-state index contributed by atoms with van der Waals surface area (Å²) < 4.78 is 6.22. The molecule has 0 N–H and O–H groups in total. The second-order valence-electron chi connectivity index (χ2n) is 6.30. The number of fused-ring (bicyclic) bond motifs is 3. The minimum atomic E-state index is -0.371. The molecular weight excluding hydrogens is 322 g/mol. The lowest BCUT2D eigenvalue weighted by Crippen LogP contribution is -2.43. The van der Waals surface area contributed by atoms with Crippen LogP contribution >= 0.6 is 11.3 Å². The molecule has 1 fully saturated rings. The maximum absolute atomic E-state index is 13.0. The van der Waals surface area contributed by atoms with E-state index in [-0.39, 0.29) is 11.5 Å². The van der Waals surface area contributed by atoms with E-state index in [0.717, 1.165) is 35.9 Å². The van der Waals surface area contributed by atoms with Gasteiger partial charge >= 0.3 is 5.63 Å². The second-order valence-corrected chi connectivity index (χ2v) is 7.35. The molecule has 0 bridgehead atoms. The van der Waals surface area contributed by atoms with Crippen LogP contribution in [0.3, 0.4) is 0 Å². The summed E-state index contributed by atoms with van der Waals surface area (Å²) in [5, 5.41) is 1.40. The molecule has 1 aliphatic heterocycles. The molecule has 0 radical (unpaired) electrons. The smallest absolute Gasteiger partial charge is 0.345 e. The van der Waals surface area contributed by atoms with Crippen molar-refractivity contribution in [1.29, 1.82) is 0 Å². The van der Waals surface area contributed by atoms with E-state index in [1.807, 2.05) is 23.1 Å². The SMILES string of the molecule is CC[C@H]1CCCCN1C(=O)c1cc2c(=O)oc3ccccc3c2s1. The van der Waals surface area contributed by atoms with Crippen molar-refractivity contribution in [2.75, 3.05) is 6.54 Å². The molecule has 3 aromatic rings. The Balaban J connectivity index is 1.83. The molecule has 5 heteroatoms. The van der Waals surface area contributed by atoms with Gasteiger partial charge in [-0.2, -0.15) is 0 Å². The van der Waals surface area contributed by atoms with Gasteiger partial charge in [-0.05, 0) is 43.9 Å². The van der Waals surface area contributed by atoms with Gasteiger partial charge in [0.1, 0.15) is 5.58 Å². The van der Waals surface area contributed by atoms with Crippen molar-refractivity contribution < 1.29 is 9.21 Å². The number of amides is 1. The van der Waals surface area contributed by atoms with E-state index >= 15 is 0 Å². The Morgan fingerprint density at radius 1 is 1.29 bits per heavy atom. The molecule has 1 atom stereocenters. The number of benzene rings is 1. The first-order valence-corrected chi connectivity index (χ1v) is 9.27. The fourth-order valence-corrected chi connectivity index (χ4v) is 4.71. The number of carbonyl (C=O) groups excluding carboxylic acids is 1. The van der Waals surface area contributed by atoms with Crippen molar-refractivity contribution in [3.8, 4) is 0 Å². The first-order valence-electron chi connectivity index (χ1n) is 8.45. The van der Waals surface area contributed by atoms with E-state index in [0.29, 0.717) is 21.9 Å². The molecule has 24 heavy (non-hydrogen) atoms. The van der Waals surface area contributed by atoms with Gasteiger partial charge in [-0.25, -0.2) is 4.79 Å². The topological polar surface area (TPSA) is 50.5 Å². The third-order valence-corrected chi connectivity index (χ3v) is 6.01. The first kappa shape index (κ1) is 15.4. The van der Waals surface area contributed by atoms with Gasteiger partial charge in [0.05, 0.1) is 15.0 Å². The molecule has 3 heterocycles. The Morgan fingerprint density at radius 3 is 2.96 bits per heavy atom. The first-order chi connectivity index (χ1) is 11.7. The maximum Gasteiger partial charge on any atom is 0.345 e. The van der Waals surface area contributed by atoms with Crippen LogP contribution in [0.4, 0.5) is 0 Å². The molecule has 1 amide bonds. The number of thiophene rings is 1. The monoisotopic (exact) mass is 341 g/mol. The molecule has 124 valence electrons. The lowest BCUT2D eigenvalue weighted by molar-refractivity contribution is 0.0613. The van der Waals surface area contributed by atoms with E-state index in [1.165, 1.54) is 17.8 Å². The van der Waals surface area contributed by atoms with Crippen molar-refractivity contribution in [2.45, 2.75) is 38.6 Å². The number of hydrogen-bond donors (Lipinski definition) is 0. The summed E-state index contributed by atoms with van der Waals surface area (Å²) in [5.74, 6) is 0.0474. The zero-order valence-corrected chi connectivity index (χ0v) is 14.4. The summed E-state index contributed by atoms with van der Waals surface area (Å²) in [5.41, 5.74) is 0.199. The average molecular weight is 341 g/mol. The fraction of sp³-hybridized carbons (Fsp3) is 0.368. The van der Waals surface area contributed by atoms with Gasteiger partial charge in [0.25, 0.3) is 5.91 Å². The molecule has 1 saturated heterocycles. The zero-order chi connectivity index (χ0) is 16.7. The highest BCUT2D eigenvalue weighted by Gasteiger charge is 2.27. The number of likely N-dealkylation sites (tertiary alicyclic amines) is 1. The van der Waals surface area contributed by atoms with Crippen LogP contribution in [0.5, 0.6) is 0 Å². The lowest BCUT2D eigenvalue weighted by Gasteiger charge is -2.34. The molecule has 1 aliphatic rings. The van der Waals surface area contributed by atoms with Gasteiger partial charge in [0.15, 0.2) is 0 Å². The minimum absolute atomic E-state index is 0.0474. The molecule has 0 unspecified atom stereocenters. The van der Waals surface area contributed by atoms with Crippen LogP contribution in [-0.2, 0) is 0 Å². The van der Waals surface area contributed by atoms with Gasteiger partial charge in [-0.1, -0.05) is 19.1 Å². The van der Waals surface area contributed by atoms with E-state index in [2.05, 4.69) is 6.92 Å². The van der Waals surface area contributed by atoms with Crippen molar-refractivity contribution in [2.24, 2.45) is 0 Å². The third kappa shape index (κ3) is 2.44. The number of piperidine rings is 1. The Morgan fingerprint density at radius 2 is 2.12 bits per heavy atom. The summed E-state index contributed by atoms with van der Waals surface area (Å²) in [6, 6.07) is 9.50. The van der Waals surface area contributed by atoms with E-state index in [4.69, 9.17) is 4.42 Å². The van der Waals surface area contributed by atoms with Crippen molar-refractivity contribution in [3.05, 3.63) is 45.6 Å². The molecule has 0 saturated carbocycles. The summed E-state index contributed by atoms with van der Waals surface area (Å²) in [7, 11) is 0. The number of rotatable bonds is 2. The molecule has 1 aromatic carbocycles. The normalized spacial score (nSPS) is 18.4. The van der Waals surface area contributed by atoms with Crippen LogP contribution in [0.2, 0.25) is 0 Å². The highest BCUT2D eigenvalue weighted by atomic mass is 32.1. The number of para-hydroxylation sites is 1. The van der Waals surface area contributed by atoms with Gasteiger partial charge in [0, 0.05) is 18.0 Å². The largest absolute Gasteiger partial charge is 0.422 e. The molecule has 0 aliphatic carbocycles. The van der Waals surface area contributed by atoms with Crippen LogP contribution in [-0.4, -0.2) is 23.4 Å². The summed E-state index contributed by atoms with van der Waals surface area (Å²) in [6.45, 7) is 2.93. The average Bonchev–Trinajstić information content (AvgIpc) is 3.07. The number of nitrogens with zero attached hydrogens (tertiary/aromatic N) is 1. The van der Waals surface area contributed by atoms with Crippen LogP contribution in [0.15, 0.2) is 39.5 Å². The van der Waals surface area contributed by atoms with Gasteiger partial charge in [-0.3, -0.25) is 4.79 Å². The predicted molar refractivity (Wildman–Crippen MR) is 96.8 cm³/mol. The fourth-order valence-electron chi connectivity index (χ4n) is 3.58. The van der Waals surface area contributed by atoms with Gasteiger partial charge < -0.3 is 9.32 Å². The van der Waals surface area contributed by atoms with Crippen LogP contribution in [0, 0.1) is 0 Å². The highest BCUT2D eigenvalue weighted by Crippen LogP contribution is 2.32. The molecule has 2 aromatic heterocycles. The molecular formula is C19H19NO3S. The summed E-state index contributed by atoms with van der Waals surface area (Å²) >= 11 is 1.40. The Kier molecular flexibility index (Phi) is 3.88. The van der Waals surface area contributed by atoms with Gasteiger partial charge in [0.2, 0.25) is 0 Å². The third-order valence-electron chi connectivity index (χ3n) is 4.86. The Labute approximate surface area is 143 Å². The van der Waals surface area contributed by atoms with Crippen LogP contribution in [0.1, 0.15) is 42.3 Å². The lowest BCUT2D eigenvalue weighted by atomic mass is 10.00.